The fourth-order valence-electron chi connectivity index (χ4n) is 2.68. The maximum absolute atomic E-state index is 13.2. The van der Waals surface area contributed by atoms with Gasteiger partial charge in [-0.25, -0.2) is 8.42 Å². The van der Waals surface area contributed by atoms with Gasteiger partial charge in [0.25, 0.3) is 10.0 Å². The Hall–Kier alpha value is -2.04. The molecule has 124 valence electrons. The van der Waals surface area contributed by atoms with Crippen LogP contribution in [0.25, 0.3) is 0 Å². The zero-order valence-corrected chi connectivity index (χ0v) is 15.6. The third kappa shape index (κ3) is 2.76. The predicted octanol–water partition coefficient (Wildman–Crippen LogP) is 3.61. The minimum Gasteiger partial charge on any atom is -0.487 e. The summed E-state index contributed by atoms with van der Waals surface area (Å²) in [7, 11) is -3.89. The number of halogens is 1. The summed E-state index contributed by atoms with van der Waals surface area (Å²) in [5.41, 5.74) is 1.58. The lowest BCUT2D eigenvalue weighted by molar-refractivity contribution is 0.219. The normalized spacial score (nSPS) is 16.9. The number of hydrogen-bond donors (Lipinski definition) is 0. The average Bonchev–Trinajstić information content (AvgIpc) is 2.53. The first kappa shape index (κ1) is 16.8. The van der Waals surface area contributed by atoms with Crippen molar-refractivity contribution in [2.75, 3.05) is 10.8 Å². The van der Waals surface area contributed by atoms with E-state index < -0.39 is 10.0 Å². The molecule has 0 spiro atoms. The van der Waals surface area contributed by atoms with E-state index in [9.17, 15) is 13.7 Å². The monoisotopic (exact) mass is 406 g/mol. The van der Waals surface area contributed by atoms with Gasteiger partial charge in [-0.3, -0.25) is 4.31 Å². The number of nitrogens with zero attached hydrogens (tertiary/aromatic N) is 2. The lowest BCUT2D eigenvalue weighted by Gasteiger charge is -2.34. The van der Waals surface area contributed by atoms with Crippen molar-refractivity contribution in [2.45, 2.75) is 24.8 Å². The van der Waals surface area contributed by atoms with Gasteiger partial charge in [-0.15, -0.1) is 0 Å². The van der Waals surface area contributed by atoms with E-state index in [0.29, 0.717) is 15.9 Å². The second-order valence-corrected chi connectivity index (χ2v) is 8.35. The summed E-state index contributed by atoms with van der Waals surface area (Å²) in [4.78, 5) is -0.0139. The summed E-state index contributed by atoms with van der Waals surface area (Å²) in [5, 5.41) is 9.36. The molecule has 0 aliphatic carbocycles. The Labute approximate surface area is 149 Å². The summed E-state index contributed by atoms with van der Waals surface area (Å²) < 4.78 is 34.0. The van der Waals surface area contributed by atoms with E-state index in [-0.39, 0.29) is 23.1 Å². The molecule has 0 saturated heterocycles. The fourth-order valence-corrected chi connectivity index (χ4v) is 4.99. The fraction of sp³-hybridized carbons (Fsp3) is 0.235. The quantitative estimate of drug-likeness (QED) is 0.763. The van der Waals surface area contributed by atoms with Crippen molar-refractivity contribution in [3.8, 4) is 11.8 Å². The van der Waals surface area contributed by atoms with Crippen LogP contribution in [0.15, 0.2) is 45.8 Å². The molecule has 0 aromatic heterocycles. The van der Waals surface area contributed by atoms with Gasteiger partial charge in [-0.1, -0.05) is 12.1 Å². The average molecular weight is 407 g/mol. The topological polar surface area (TPSA) is 70.4 Å². The Morgan fingerprint density at radius 3 is 2.79 bits per heavy atom. The third-order valence-electron chi connectivity index (χ3n) is 3.79. The lowest BCUT2D eigenvalue weighted by atomic mass is 10.2. The molecule has 0 bridgehead atoms. The van der Waals surface area contributed by atoms with Crippen molar-refractivity contribution < 1.29 is 13.2 Å². The molecular weight excluding hydrogens is 392 g/mol. The Morgan fingerprint density at radius 1 is 1.33 bits per heavy atom. The van der Waals surface area contributed by atoms with Crippen LogP contribution in [0.2, 0.25) is 0 Å². The van der Waals surface area contributed by atoms with Crippen LogP contribution in [-0.4, -0.2) is 21.1 Å². The first-order chi connectivity index (χ1) is 11.3. The highest BCUT2D eigenvalue weighted by atomic mass is 79.9. The van der Waals surface area contributed by atoms with E-state index >= 15 is 0 Å². The number of rotatable bonds is 2. The summed E-state index contributed by atoms with van der Waals surface area (Å²) in [6.45, 7) is 3.93. The van der Waals surface area contributed by atoms with Gasteiger partial charge in [0.2, 0.25) is 0 Å². The molecule has 7 heteroatoms. The molecule has 0 fully saturated rings. The van der Waals surface area contributed by atoms with E-state index in [0.717, 1.165) is 5.56 Å². The van der Waals surface area contributed by atoms with Crippen LogP contribution in [0.1, 0.15) is 18.1 Å². The molecular formula is C17H15BrN2O3S. The molecule has 0 N–H and O–H groups in total. The summed E-state index contributed by atoms with van der Waals surface area (Å²) >= 11 is 3.25. The van der Waals surface area contributed by atoms with Crippen molar-refractivity contribution in [2.24, 2.45) is 0 Å². The van der Waals surface area contributed by atoms with Crippen molar-refractivity contribution in [3.05, 3.63) is 52.0 Å². The Balaban J connectivity index is 2.19. The van der Waals surface area contributed by atoms with Gasteiger partial charge in [0.1, 0.15) is 22.8 Å². The van der Waals surface area contributed by atoms with Gasteiger partial charge in [0.15, 0.2) is 0 Å². The van der Waals surface area contributed by atoms with Gasteiger partial charge >= 0.3 is 0 Å². The molecule has 0 radical (unpaired) electrons. The number of aryl methyl sites for hydroxylation is 1. The molecule has 5 nitrogen and oxygen atoms in total. The van der Waals surface area contributed by atoms with E-state index in [1.807, 2.05) is 32.0 Å². The number of hydrogen-bond acceptors (Lipinski definition) is 4. The molecule has 24 heavy (non-hydrogen) atoms. The standard InChI is InChI=1S/C17H15BrN2O3S/c1-11-6-7-15-16(8-11)23-12(2)10-20(15)24(21,22)17-5-3-4-14(18)13(17)9-19/h3-8,12H,10H2,1-2H3/t12-/m1/s1. The second kappa shape index (κ2) is 6.11. The van der Waals surface area contributed by atoms with Crippen LogP contribution >= 0.6 is 15.9 Å². The number of benzene rings is 2. The van der Waals surface area contributed by atoms with Crippen molar-refractivity contribution in [3.63, 3.8) is 0 Å². The summed E-state index contributed by atoms with van der Waals surface area (Å²) in [5.74, 6) is 0.533. The minimum atomic E-state index is -3.89. The molecule has 0 saturated carbocycles. The van der Waals surface area contributed by atoms with Crippen molar-refractivity contribution in [1.29, 1.82) is 5.26 Å². The number of fused-ring (bicyclic) bond motifs is 1. The van der Waals surface area contributed by atoms with Gasteiger partial charge in [0.05, 0.1) is 17.8 Å². The van der Waals surface area contributed by atoms with E-state index in [1.54, 1.807) is 18.2 Å². The Morgan fingerprint density at radius 2 is 2.08 bits per heavy atom. The SMILES string of the molecule is Cc1ccc2c(c1)O[C@H](C)CN2S(=O)(=O)c1cccc(Br)c1C#N. The highest BCUT2D eigenvalue weighted by Gasteiger charge is 2.34. The predicted molar refractivity (Wildman–Crippen MR) is 94.7 cm³/mol. The maximum atomic E-state index is 13.2. The zero-order chi connectivity index (χ0) is 17.5. The first-order valence-electron chi connectivity index (χ1n) is 7.33. The molecule has 1 heterocycles. The van der Waals surface area contributed by atoms with E-state index in [2.05, 4.69) is 15.9 Å². The molecule has 2 aromatic rings. The van der Waals surface area contributed by atoms with E-state index in [4.69, 9.17) is 4.74 Å². The Kier molecular flexibility index (Phi) is 4.28. The number of anilines is 1. The molecule has 1 aliphatic heterocycles. The largest absolute Gasteiger partial charge is 0.487 e. The van der Waals surface area contributed by atoms with Gasteiger partial charge in [0, 0.05) is 4.47 Å². The first-order valence-corrected chi connectivity index (χ1v) is 9.56. The highest BCUT2D eigenvalue weighted by molar-refractivity contribution is 9.10. The maximum Gasteiger partial charge on any atom is 0.265 e. The zero-order valence-electron chi connectivity index (χ0n) is 13.2. The highest BCUT2D eigenvalue weighted by Crippen LogP contribution is 2.38. The number of nitriles is 1. The molecule has 2 aromatic carbocycles. The molecule has 0 unspecified atom stereocenters. The molecule has 3 rings (SSSR count). The van der Waals surface area contributed by atoms with Crippen molar-refractivity contribution >= 4 is 31.6 Å². The molecule has 1 aliphatic rings. The summed E-state index contributed by atoms with van der Waals surface area (Å²) in [6, 6.07) is 12.1. The minimum absolute atomic E-state index is 0.0139. The van der Waals surface area contributed by atoms with Crippen LogP contribution in [0.5, 0.6) is 5.75 Å². The number of ether oxygens (including phenoxy) is 1. The van der Waals surface area contributed by atoms with Crippen LogP contribution in [-0.2, 0) is 10.0 Å². The molecule has 0 amide bonds. The summed E-state index contributed by atoms with van der Waals surface area (Å²) in [6.07, 6.45) is -0.285. The number of sulfonamides is 1. The van der Waals surface area contributed by atoms with Gasteiger partial charge in [-0.05, 0) is 59.6 Å². The van der Waals surface area contributed by atoms with Crippen molar-refractivity contribution in [1.82, 2.24) is 0 Å². The van der Waals surface area contributed by atoms with Crippen LogP contribution in [0.4, 0.5) is 5.69 Å². The lowest BCUT2D eigenvalue weighted by Crippen LogP contribution is -2.42. The smallest absolute Gasteiger partial charge is 0.265 e. The van der Waals surface area contributed by atoms with Crippen LogP contribution in [0, 0.1) is 18.3 Å². The third-order valence-corrected chi connectivity index (χ3v) is 6.27. The molecule has 1 atom stereocenters. The van der Waals surface area contributed by atoms with Crippen LogP contribution in [0.3, 0.4) is 0 Å². The van der Waals surface area contributed by atoms with Crippen LogP contribution < -0.4 is 9.04 Å². The second-order valence-electron chi connectivity index (χ2n) is 5.66. The van der Waals surface area contributed by atoms with Gasteiger partial charge in [-0.2, -0.15) is 5.26 Å². The Bertz CT molecular complexity index is 951. The van der Waals surface area contributed by atoms with Gasteiger partial charge < -0.3 is 4.74 Å². The van der Waals surface area contributed by atoms with E-state index in [1.165, 1.54) is 10.4 Å².